The molecule has 0 aromatic heterocycles. The lowest BCUT2D eigenvalue weighted by molar-refractivity contribution is -0.126. The molecule has 0 spiro atoms. The predicted octanol–water partition coefficient (Wildman–Crippen LogP) is 5.23. The van der Waals surface area contributed by atoms with Crippen molar-refractivity contribution in [1.29, 1.82) is 0 Å². The molecular weight excluding hydrogens is 392 g/mol. The minimum absolute atomic E-state index is 0.0937. The van der Waals surface area contributed by atoms with E-state index in [9.17, 15) is 4.79 Å². The Kier molecular flexibility index (Phi) is 6.63. The highest BCUT2D eigenvalue weighted by molar-refractivity contribution is 6.30. The summed E-state index contributed by atoms with van der Waals surface area (Å²) in [7, 11) is 0. The Labute approximate surface area is 183 Å². The van der Waals surface area contributed by atoms with Gasteiger partial charge in [-0.05, 0) is 34.9 Å². The summed E-state index contributed by atoms with van der Waals surface area (Å²) in [6, 6.07) is 28.0. The average molecular weight is 417 g/mol. The first-order chi connectivity index (χ1) is 14.7. The van der Waals surface area contributed by atoms with Crippen molar-refractivity contribution in [3.8, 4) is 0 Å². The minimum Gasteiger partial charge on any atom is -0.336 e. The van der Waals surface area contributed by atoms with E-state index in [1.807, 2.05) is 83.8 Å². The summed E-state index contributed by atoms with van der Waals surface area (Å²) < 4.78 is 0. The third kappa shape index (κ3) is 5.18. The number of benzene rings is 3. The SMILES string of the molecule is O=C(/C(=C\c1ccccc1)c1ccccc1)N1CCN(Cc2ccc(Cl)cc2)CC1. The number of halogens is 1. The van der Waals surface area contributed by atoms with E-state index in [1.54, 1.807) is 0 Å². The maximum Gasteiger partial charge on any atom is 0.254 e. The number of piperazine rings is 1. The van der Waals surface area contributed by atoms with Gasteiger partial charge in [-0.15, -0.1) is 0 Å². The minimum atomic E-state index is 0.0937. The zero-order valence-electron chi connectivity index (χ0n) is 16.9. The van der Waals surface area contributed by atoms with E-state index in [-0.39, 0.29) is 5.91 Å². The number of carbonyl (C=O) groups excluding carboxylic acids is 1. The normalized spacial score (nSPS) is 15.2. The number of carbonyl (C=O) groups is 1. The Morgan fingerprint density at radius 1 is 0.800 bits per heavy atom. The molecule has 0 saturated carbocycles. The fourth-order valence-electron chi connectivity index (χ4n) is 3.73. The molecule has 30 heavy (non-hydrogen) atoms. The number of hydrogen-bond acceptors (Lipinski definition) is 2. The summed E-state index contributed by atoms with van der Waals surface area (Å²) in [5.41, 5.74) is 3.97. The molecule has 1 amide bonds. The molecule has 0 unspecified atom stereocenters. The Bertz CT molecular complexity index is 992. The zero-order valence-corrected chi connectivity index (χ0v) is 17.6. The fraction of sp³-hybridized carbons (Fsp3) is 0.192. The molecule has 3 aromatic rings. The van der Waals surface area contributed by atoms with Crippen LogP contribution >= 0.6 is 11.6 Å². The third-order valence-electron chi connectivity index (χ3n) is 5.40. The van der Waals surface area contributed by atoms with Gasteiger partial charge in [-0.1, -0.05) is 84.4 Å². The Morgan fingerprint density at radius 2 is 1.40 bits per heavy atom. The van der Waals surface area contributed by atoms with Crippen molar-refractivity contribution >= 4 is 29.2 Å². The van der Waals surface area contributed by atoms with E-state index < -0.39 is 0 Å². The number of rotatable bonds is 5. The van der Waals surface area contributed by atoms with E-state index in [4.69, 9.17) is 11.6 Å². The molecule has 0 N–H and O–H groups in total. The van der Waals surface area contributed by atoms with Crippen LogP contribution in [0.15, 0.2) is 84.9 Å². The van der Waals surface area contributed by atoms with E-state index >= 15 is 0 Å². The molecule has 4 heteroatoms. The zero-order chi connectivity index (χ0) is 20.8. The van der Waals surface area contributed by atoms with Crippen LogP contribution in [-0.4, -0.2) is 41.9 Å². The average Bonchev–Trinajstić information content (AvgIpc) is 2.80. The molecule has 0 bridgehead atoms. The summed E-state index contributed by atoms with van der Waals surface area (Å²) in [5.74, 6) is 0.0937. The fourth-order valence-corrected chi connectivity index (χ4v) is 3.86. The molecule has 152 valence electrons. The second-order valence-electron chi connectivity index (χ2n) is 7.53. The van der Waals surface area contributed by atoms with Crippen LogP contribution in [0, 0.1) is 0 Å². The topological polar surface area (TPSA) is 23.6 Å². The molecule has 3 nitrogen and oxygen atoms in total. The van der Waals surface area contributed by atoms with Crippen molar-refractivity contribution in [2.24, 2.45) is 0 Å². The summed E-state index contributed by atoms with van der Waals surface area (Å²) >= 11 is 5.98. The first-order valence-electron chi connectivity index (χ1n) is 10.3. The third-order valence-corrected chi connectivity index (χ3v) is 5.66. The molecule has 1 aliphatic heterocycles. The van der Waals surface area contributed by atoms with Crippen LogP contribution in [-0.2, 0) is 11.3 Å². The van der Waals surface area contributed by atoms with E-state index in [1.165, 1.54) is 5.56 Å². The molecule has 1 aliphatic rings. The van der Waals surface area contributed by atoms with Crippen LogP contribution in [0.5, 0.6) is 0 Å². The molecule has 1 fully saturated rings. The smallest absolute Gasteiger partial charge is 0.254 e. The van der Waals surface area contributed by atoms with Gasteiger partial charge in [0, 0.05) is 43.3 Å². The summed E-state index contributed by atoms with van der Waals surface area (Å²) in [6.45, 7) is 4.06. The van der Waals surface area contributed by atoms with Crippen molar-refractivity contribution in [3.63, 3.8) is 0 Å². The lowest BCUT2D eigenvalue weighted by Crippen LogP contribution is -2.48. The second kappa shape index (κ2) is 9.75. The standard InChI is InChI=1S/C26H25ClN2O/c27-24-13-11-22(12-14-24)20-28-15-17-29(18-16-28)26(30)25(23-9-5-2-6-10-23)19-21-7-3-1-4-8-21/h1-14,19H,15-18,20H2/b25-19-. The van der Waals surface area contributed by atoms with Gasteiger partial charge in [0.15, 0.2) is 0 Å². The molecule has 1 heterocycles. The van der Waals surface area contributed by atoms with Crippen molar-refractivity contribution in [1.82, 2.24) is 9.80 Å². The highest BCUT2D eigenvalue weighted by Crippen LogP contribution is 2.22. The Balaban J connectivity index is 1.46. The molecule has 1 saturated heterocycles. The predicted molar refractivity (Wildman–Crippen MR) is 124 cm³/mol. The lowest BCUT2D eigenvalue weighted by Gasteiger charge is -2.35. The van der Waals surface area contributed by atoms with Crippen LogP contribution in [0.25, 0.3) is 11.6 Å². The van der Waals surface area contributed by atoms with Crippen LogP contribution < -0.4 is 0 Å². The van der Waals surface area contributed by atoms with Crippen molar-refractivity contribution in [2.45, 2.75) is 6.54 Å². The largest absolute Gasteiger partial charge is 0.336 e. The van der Waals surface area contributed by atoms with E-state index in [0.717, 1.165) is 54.4 Å². The van der Waals surface area contributed by atoms with Crippen molar-refractivity contribution < 1.29 is 4.79 Å². The van der Waals surface area contributed by atoms with Gasteiger partial charge in [0.2, 0.25) is 0 Å². The van der Waals surface area contributed by atoms with Gasteiger partial charge in [0.25, 0.3) is 5.91 Å². The van der Waals surface area contributed by atoms with Gasteiger partial charge in [-0.3, -0.25) is 9.69 Å². The molecule has 3 aromatic carbocycles. The molecular formula is C26H25ClN2O. The number of hydrogen-bond donors (Lipinski definition) is 0. The van der Waals surface area contributed by atoms with Crippen molar-refractivity contribution in [3.05, 3.63) is 107 Å². The lowest BCUT2D eigenvalue weighted by atomic mass is 10.0. The first-order valence-corrected chi connectivity index (χ1v) is 10.6. The monoisotopic (exact) mass is 416 g/mol. The van der Waals surface area contributed by atoms with Gasteiger partial charge < -0.3 is 4.90 Å². The van der Waals surface area contributed by atoms with E-state index in [0.29, 0.717) is 0 Å². The Morgan fingerprint density at radius 3 is 2.03 bits per heavy atom. The molecule has 0 atom stereocenters. The van der Waals surface area contributed by atoms with Crippen LogP contribution in [0.3, 0.4) is 0 Å². The van der Waals surface area contributed by atoms with Crippen LogP contribution in [0.1, 0.15) is 16.7 Å². The quantitative estimate of drug-likeness (QED) is 0.420. The van der Waals surface area contributed by atoms with E-state index in [2.05, 4.69) is 17.0 Å². The summed E-state index contributed by atoms with van der Waals surface area (Å²) in [6.07, 6.45) is 2.00. The first kappa shape index (κ1) is 20.4. The van der Waals surface area contributed by atoms with Gasteiger partial charge in [-0.2, -0.15) is 0 Å². The highest BCUT2D eigenvalue weighted by atomic mass is 35.5. The van der Waals surface area contributed by atoms with Gasteiger partial charge in [-0.25, -0.2) is 0 Å². The summed E-state index contributed by atoms with van der Waals surface area (Å²) in [4.78, 5) is 17.8. The second-order valence-corrected chi connectivity index (χ2v) is 7.97. The summed E-state index contributed by atoms with van der Waals surface area (Å²) in [5, 5.41) is 0.757. The molecule has 4 rings (SSSR count). The van der Waals surface area contributed by atoms with Crippen LogP contribution in [0.4, 0.5) is 0 Å². The van der Waals surface area contributed by atoms with Gasteiger partial charge in [0.05, 0.1) is 0 Å². The Hall–Kier alpha value is -2.88. The molecule has 0 aliphatic carbocycles. The number of nitrogens with zero attached hydrogens (tertiary/aromatic N) is 2. The maximum atomic E-state index is 13.4. The van der Waals surface area contributed by atoms with Gasteiger partial charge in [0.1, 0.15) is 0 Å². The molecule has 0 radical (unpaired) electrons. The highest BCUT2D eigenvalue weighted by Gasteiger charge is 2.24. The number of amides is 1. The van der Waals surface area contributed by atoms with Crippen molar-refractivity contribution in [2.75, 3.05) is 26.2 Å². The van der Waals surface area contributed by atoms with Crippen LogP contribution in [0.2, 0.25) is 5.02 Å². The van der Waals surface area contributed by atoms with Gasteiger partial charge >= 0.3 is 0 Å². The maximum absolute atomic E-state index is 13.4.